The predicted molar refractivity (Wildman–Crippen MR) is 66.1 cm³/mol. The molecule has 0 saturated heterocycles. The summed E-state index contributed by atoms with van der Waals surface area (Å²) >= 11 is 0. The molecule has 1 aliphatic rings. The Morgan fingerprint density at radius 1 is 1.44 bits per heavy atom. The summed E-state index contributed by atoms with van der Waals surface area (Å²) in [7, 11) is 0. The lowest BCUT2D eigenvalue weighted by Gasteiger charge is -2.03. The molecule has 2 aromatic rings. The van der Waals surface area contributed by atoms with Gasteiger partial charge in [-0.25, -0.2) is 0 Å². The molecular formula is C13H15N3O2. The summed E-state index contributed by atoms with van der Waals surface area (Å²) in [6, 6.07) is 7.26. The zero-order valence-corrected chi connectivity index (χ0v) is 10.2. The van der Waals surface area contributed by atoms with E-state index in [1.165, 1.54) is 0 Å². The predicted octanol–water partition coefficient (Wildman–Crippen LogP) is 2.28. The van der Waals surface area contributed by atoms with Crippen molar-refractivity contribution in [2.24, 2.45) is 0 Å². The standard InChI is InChI=1S/C13H15N3O2/c1-13(5-6-13)12-15-11(18-16-12)8-17-10-4-2-3-9(14)7-10/h2-4,7H,5-6,8,14H2,1H3. The Kier molecular flexibility index (Phi) is 2.47. The first kappa shape index (κ1) is 11.1. The first-order chi connectivity index (χ1) is 8.66. The number of nitrogens with two attached hydrogens (primary N) is 1. The fourth-order valence-electron chi connectivity index (χ4n) is 1.72. The lowest BCUT2D eigenvalue weighted by molar-refractivity contribution is 0.242. The monoisotopic (exact) mass is 245 g/mol. The molecule has 1 saturated carbocycles. The van der Waals surface area contributed by atoms with Gasteiger partial charge in [-0.05, 0) is 25.0 Å². The van der Waals surface area contributed by atoms with Crippen LogP contribution in [0.3, 0.4) is 0 Å². The van der Waals surface area contributed by atoms with Crippen LogP contribution in [0.4, 0.5) is 5.69 Å². The Morgan fingerprint density at radius 2 is 2.28 bits per heavy atom. The van der Waals surface area contributed by atoms with Crippen LogP contribution < -0.4 is 10.5 Å². The van der Waals surface area contributed by atoms with E-state index in [2.05, 4.69) is 17.1 Å². The molecule has 3 rings (SSSR count). The molecule has 0 aliphatic heterocycles. The highest BCUT2D eigenvalue weighted by Crippen LogP contribution is 2.45. The quantitative estimate of drug-likeness (QED) is 0.836. The second-order valence-electron chi connectivity index (χ2n) is 4.93. The molecule has 2 N–H and O–H groups in total. The van der Waals surface area contributed by atoms with Crippen molar-refractivity contribution in [2.75, 3.05) is 5.73 Å². The molecule has 0 atom stereocenters. The van der Waals surface area contributed by atoms with Crippen molar-refractivity contribution < 1.29 is 9.26 Å². The van der Waals surface area contributed by atoms with Gasteiger partial charge in [-0.15, -0.1) is 0 Å². The number of hydrogen-bond acceptors (Lipinski definition) is 5. The zero-order valence-electron chi connectivity index (χ0n) is 10.2. The summed E-state index contributed by atoms with van der Waals surface area (Å²) in [4.78, 5) is 4.35. The van der Waals surface area contributed by atoms with Crippen molar-refractivity contribution in [1.82, 2.24) is 10.1 Å². The molecule has 1 heterocycles. The molecular weight excluding hydrogens is 230 g/mol. The third-order valence-electron chi connectivity index (χ3n) is 3.23. The number of nitrogen functional groups attached to an aromatic ring is 1. The van der Waals surface area contributed by atoms with E-state index >= 15 is 0 Å². The molecule has 94 valence electrons. The Labute approximate surface area is 105 Å². The lowest BCUT2D eigenvalue weighted by atomic mass is 10.1. The van der Waals surface area contributed by atoms with Gasteiger partial charge in [0.05, 0.1) is 0 Å². The highest BCUT2D eigenvalue weighted by molar-refractivity contribution is 5.43. The summed E-state index contributed by atoms with van der Waals surface area (Å²) in [6.45, 7) is 2.41. The van der Waals surface area contributed by atoms with Crippen LogP contribution in [0.1, 0.15) is 31.5 Å². The number of anilines is 1. The van der Waals surface area contributed by atoms with Gasteiger partial charge in [0.1, 0.15) is 5.75 Å². The van der Waals surface area contributed by atoms with E-state index < -0.39 is 0 Å². The van der Waals surface area contributed by atoms with Crippen LogP contribution in [0, 0.1) is 0 Å². The number of aromatic nitrogens is 2. The molecule has 0 amide bonds. The highest BCUT2D eigenvalue weighted by atomic mass is 16.5. The maximum atomic E-state index is 5.67. The van der Waals surface area contributed by atoms with Crippen molar-refractivity contribution in [1.29, 1.82) is 0 Å². The third-order valence-corrected chi connectivity index (χ3v) is 3.23. The van der Waals surface area contributed by atoms with E-state index in [0.29, 0.717) is 17.3 Å². The summed E-state index contributed by atoms with van der Waals surface area (Å²) < 4.78 is 10.7. The smallest absolute Gasteiger partial charge is 0.264 e. The highest BCUT2D eigenvalue weighted by Gasteiger charge is 2.43. The number of nitrogens with zero attached hydrogens (tertiary/aromatic N) is 2. The van der Waals surface area contributed by atoms with Crippen molar-refractivity contribution in [3.8, 4) is 5.75 Å². The molecule has 5 heteroatoms. The Balaban J connectivity index is 1.65. The first-order valence-electron chi connectivity index (χ1n) is 5.97. The Morgan fingerprint density at radius 3 is 3.00 bits per heavy atom. The van der Waals surface area contributed by atoms with Crippen LogP contribution in [0.5, 0.6) is 5.75 Å². The van der Waals surface area contributed by atoms with E-state index in [9.17, 15) is 0 Å². The lowest BCUT2D eigenvalue weighted by Crippen LogP contribution is -2.03. The first-order valence-corrected chi connectivity index (χ1v) is 5.97. The molecule has 0 radical (unpaired) electrons. The van der Waals surface area contributed by atoms with Gasteiger partial charge in [-0.2, -0.15) is 4.98 Å². The average molecular weight is 245 g/mol. The van der Waals surface area contributed by atoms with Gasteiger partial charge >= 0.3 is 0 Å². The van der Waals surface area contributed by atoms with Crippen LogP contribution in [-0.4, -0.2) is 10.1 Å². The third kappa shape index (κ3) is 2.16. The van der Waals surface area contributed by atoms with E-state index in [1.54, 1.807) is 6.07 Å². The van der Waals surface area contributed by atoms with Gasteiger partial charge in [0.2, 0.25) is 0 Å². The fourth-order valence-corrected chi connectivity index (χ4v) is 1.72. The van der Waals surface area contributed by atoms with Crippen LogP contribution >= 0.6 is 0 Å². The maximum absolute atomic E-state index is 5.67. The minimum Gasteiger partial charge on any atom is -0.484 e. The SMILES string of the molecule is CC1(c2noc(COc3cccc(N)c3)n2)CC1. The van der Waals surface area contributed by atoms with Gasteiger partial charge in [-0.3, -0.25) is 0 Å². The van der Waals surface area contributed by atoms with Crippen molar-refractivity contribution in [3.05, 3.63) is 36.0 Å². The van der Waals surface area contributed by atoms with Crippen LogP contribution in [-0.2, 0) is 12.0 Å². The minimum atomic E-state index is 0.124. The van der Waals surface area contributed by atoms with Gasteiger partial charge in [0.25, 0.3) is 5.89 Å². The number of rotatable bonds is 4. The van der Waals surface area contributed by atoms with Crippen molar-refractivity contribution >= 4 is 5.69 Å². The topological polar surface area (TPSA) is 74.2 Å². The zero-order chi connectivity index (χ0) is 12.6. The van der Waals surface area contributed by atoms with Crippen molar-refractivity contribution in [2.45, 2.75) is 31.8 Å². The molecule has 0 bridgehead atoms. The molecule has 5 nitrogen and oxygen atoms in total. The van der Waals surface area contributed by atoms with Gasteiger partial charge in [0.15, 0.2) is 12.4 Å². The summed E-state index contributed by atoms with van der Waals surface area (Å²) in [6.07, 6.45) is 2.25. The normalized spacial score (nSPS) is 16.5. The molecule has 0 unspecified atom stereocenters. The average Bonchev–Trinajstić information content (AvgIpc) is 2.93. The molecule has 1 aliphatic carbocycles. The summed E-state index contributed by atoms with van der Waals surface area (Å²) in [5.41, 5.74) is 6.46. The Bertz CT molecular complexity index is 561. The van der Waals surface area contributed by atoms with E-state index in [1.807, 2.05) is 18.2 Å². The number of ether oxygens (including phenoxy) is 1. The second-order valence-corrected chi connectivity index (χ2v) is 4.93. The number of benzene rings is 1. The van der Waals surface area contributed by atoms with Crippen LogP contribution in [0.2, 0.25) is 0 Å². The largest absolute Gasteiger partial charge is 0.484 e. The maximum Gasteiger partial charge on any atom is 0.264 e. The van der Waals surface area contributed by atoms with Crippen LogP contribution in [0.25, 0.3) is 0 Å². The van der Waals surface area contributed by atoms with E-state index in [-0.39, 0.29) is 12.0 Å². The molecule has 18 heavy (non-hydrogen) atoms. The second kappa shape index (κ2) is 4.01. The fraction of sp³-hybridized carbons (Fsp3) is 0.385. The molecule has 1 fully saturated rings. The minimum absolute atomic E-state index is 0.124. The number of hydrogen-bond donors (Lipinski definition) is 1. The van der Waals surface area contributed by atoms with Gasteiger partial charge < -0.3 is 15.0 Å². The molecule has 0 spiro atoms. The summed E-state index contributed by atoms with van der Waals surface area (Å²) in [5.74, 6) is 1.99. The van der Waals surface area contributed by atoms with E-state index in [0.717, 1.165) is 18.7 Å². The van der Waals surface area contributed by atoms with Crippen LogP contribution in [0.15, 0.2) is 28.8 Å². The van der Waals surface area contributed by atoms with Crippen molar-refractivity contribution in [3.63, 3.8) is 0 Å². The summed E-state index contributed by atoms with van der Waals surface area (Å²) in [5, 5.41) is 3.99. The van der Waals surface area contributed by atoms with Gasteiger partial charge in [-0.1, -0.05) is 18.1 Å². The molecule has 1 aromatic heterocycles. The van der Waals surface area contributed by atoms with Gasteiger partial charge in [0, 0.05) is 17.2 Å². The van der Waals surface area contributed by atoms with E-state index in [4.69, 9.17) is 15.0 Å². The Hall–Kier alpha value is -2.04. The molecule has 1 aromatic carbocycles.